The molecular weight excluding hydrogens is 228 g/mol. The normalized spacial score (nSPS) is 34.1. The number of likely N-dealkylation sites (tertiary alicyclic amines) is 1. The Labute approximate surface area is 110 Å². The van der Waals surface area contributed by atoms with Crippen LogP contribution in [0.25, 0.3) is 0 Å². The van der Waals surface area contributed by atoms with Crippen molar-refractivity contribution in [3.8, 4) is 0 Å². The molecule has 0 spiro atoms. The van der Waals surface area contributed by atoms with Gasteiger partial charge in [0.05, 0.1) is 18.7 Å². The zero-order valence-corrected chi connectivity index (χ0v) is 11.4. The molecule has 2 fully saturated rings. The van der Waals surface area contributed by atoms with Crippen LogP contribution in [0, 0.1) is 0 Å². The van der Waals surface area contributed by atoms with E-state index in [2.05, 4.69) is 12.2 Å². The number of piperidine rings is 1. The Kier molecular flexibility index (Phi) is 5.01. The summed E-state index contributed by atoms with van der Waals surface area (Å²) in [5.41, 5.74) is 0. The second-order valence-electron chi connectivity index (χ2n) is 5.77. The summed E-state index contributed by atoms with van der Waals surface area (Å²) in [6.07, 6.45) is 7.56. The third-order valence-corrected chi connectivity index (χ3v) is 4.28. The number of amides is 1. The summed E-state index contributed by atoms with van der Waals surface area (Å²) in [5, 5.41) is 12.9. The maximum Gasteiger partial charge on any atom is 0.240 e. The van der Waals surface area contributed by atoms with Crippen LogP contribution in [-0.4, -0.2) is 47.2 Å². The lowest BCUT2D eigenvalue weighted by Crippen LogP contribution is -2.54. The van der Waals surface area contributed by atoms with Gasteiger partial charge in [-0.15, -0.1) is 0 Å². The van der Waals surface area contributed by atoms with Gasteiger partial charge in [0.15, 0.2) is 0 Å². The molecule has 0 aromatic heterocycles. The van der Waals surface area contributed by atoms with Crippen molar-refractivity contribution in [2.75, 3.05) is 13.2 Å². The first-order valence-corrected chi connectivity index (χ1v) is 7.39. The van der Waals surface area contributed by atoms with E-state index < -0.39 is 0 Å². The monoisotopic (exact) mass is 254 g/mol. The van der Waals surface area contributed by atoms with Gasteiger partial charge in [0.25, 0.3) is 0 Å². The van der Waals surface area contributed by atoms with E-state index in [9.17, 15) is 9.90 Å². The highest BCUT2D eigenvalue weighted by Gasteiger charge is 2.32. The fourth-order valence-electron chi connectivity index (χ4n) is 3.19. The van der Waals surface area contributed by atoms with E-state index >= 15 is 0 Å². The van der Waals surface area contributed by atoms with Crippen LogP contribution in [0.15, 0.2) is 0 Å². The van der Waals surface area contributed by atoms with Crippen LogP contribution in [0.4, 0.5) is 0 Å². The molecule has 18 heavy (non-hydrogen) atoms. The molecule has 2 aliphatic heterocycles. The third kappa shape index (κ3) is 3.23. The van der Waals surface area contributed by atoms with Crippen molar-refractivity contribution in [3.05, 3.63) is 0 Å². The number of aliphatic hydroxyl groups is 1. The van der Waals surface area contributed by atoms with Gasteiger partial charge in [0.2, 0.25) is 5.91 Å². The molecule has 0 radical (unpaired) electrons. The number of nitrogens with zero attached hydrogens (tertiary/aromatic N) is 1. The summed E-state index contributed by atoms with van der Waals surface area (Å²) in [7, 11) is 0. The van der Waals surface area contributed by atoms with Gasteiger partial charge in [-0.3, -0.25) is 4.79 Å². The van der Waals surface area contributed by atoms with Crippen LogP contribution in [0.1, 0.15) is 51.9 Å². The topological polar surface area (TPSA) is 52.6 Å². The summed E-state index contributed by atoms with van der Waals surface area (Å²) in [4.78, 5) is 14.5. The number of rotatable bonds is 2. The minimum Gasteiger partial charge on any atom is -0.394 e. The molecule has 104 valence electrons. The molecule has 0 saturated carbocycles. The van der Waals surface area contributed by atoms with E-state index in [0.717, 1.165) is 45.1 Å². The van der Waals surface area contributed by atoms with Gasteiger partial charge in [-0.2, -0.15) is 0 Å². The molecule has 0 aromatic carbocycles. The highest BCUT2D eigenvalue weighted by Crippen LogP contribution is 2.20. The smallest absolute Gasteiger partial charge is 0.240 e. The van der Waals surface area contributed by atoms with Crippen LogP contribution in [0.2, 0.25) is 0 Å². The average molecular weight is 254 g/mol. The zero-order valence-electron chi connectivity index (χ0n) is 11.4. The fourth-order valence-corrected chi connectivity index (χ4v) is 3.19. The number of carbonyl (C=O) groups is 1. The van der Waals surface area contributed by atoms with Gasteiger partial charge in [0.1, 0.15) is 0 Å². The average Bonchev–Trinajstić information content (AvgIpc) is 2.62. The molecule has 4 nitrogen and oxygen atoms in total. The lowest BCUT2D eigenvalue weighted by atomic mass is 9.98. The lowest BCUT2D eigenvalue weighted by molar-refractivity contribution is -0.137. The number of aliphatic hydroxyl groups excluding tert-OH is 1. The lowest BCUT2D eigenvalue weighted by Gasteiger charge is -2.35. The van der Waals surface area contributed by atoms with E-state index in [4.69, 9.17) is 0 Å². The molecule has 4 heteroatoms. The molecule has 3 atom stereocenters. The van der Waals surface area contributed by atoms with E-state index in [1.165, 1.54) is 6.42 Å². The molecule has 3 unspecified atom stereocenters. The Morgan fingerprint density at radius 1 is 1.22 bits per heavy atom. The maximum atomic E-state index is 12.6. The van der Waals surface area contributed by atoms with Crippen molar-refractivity contribution >= 4 is 5.91 Å². The van der Waals surface area contributed by atoms with Crippen molar-refractivity contribution in [1.82, 2.24) is 10.2 Å². The predicted octanol–water partition coefficient (Wildman–Crippen LogP) is 1.28. The van der Waals surface area contributed by atoms with E-state index in [0.29, 0.717) is 6.04 Å². The zero-order chi connectivity index (χ0) is 13.0. The Hall–Kier alpha value is -0.610. The van der Waals surface area contributed by atoms with Crippen molar-refractivity contribution in [2.24, 2.45) is 0 Å². The summed E-state index contributed by atoms with van der Waals surface area (Å²) >= 11 is 0. The highest BCUT2D eigenvalue weighted by atomic mass is 16.3. The molecule has 2 rings (SSSR count). The van der Waals surface area contributed by atoms with Crippen molar-refractivity contribution in [2.45, 2.75) is 70.0 Å². The van der Waals surface area contributed by atoms with Crippen molar-refractivity contribution in [1.29, 1.82) is 0 Å². The van der Waals surface area contributed by atoms with Crippen molar-refractivity contribution < 1.29 is 9.90 Å². The Balaban J connectivity index is 2.00. The number of hydrogen-bond acceptors (Lipinski definition) is 3. The predicted molar refractivity (Wildman–Crippen MR) is 71.3 cm³/mol. The van der Waals surface area contributed by atoms with Crippen molar-refractivity contribution in [3.63, 3.8) is 0 Å². The van der Waals surface area contributed by atoms with Crippen LogP contribution in [0.3, 0.4) is 0 Å². The summed E-state index contributed by atoms with van der Waals surface area (Å²) in [6, 6.07) is 0.451. The van der Waals surface area contributed by atoms with Crippen LogP contribution < -0.4 is 5.32 Å². The van der Waals surface area contributed by atoms with Crippen LogP contribution >= 0.6 is 0 Å². The van der Waals surface area contributed by atoms with Crippen LogP contribution in [-0.2, 0) is 4.79 Å². The first-order valence-electron chi connectivity index (χ1n) is 7.39. The largest absolute Gasteiger partial charge is 0.394 e. The first-order chi connectivity index (χ1) is 8.72. The van der Waals surface area contributed by atoms with Gasteiger partial charge in [-0.25, -0.2) is 0 Å². The number of hydrogen-bond donors (Lipinski definition) is 2. The molecule has 0 aromatic rings. The Bertz CT molecular complexity index is 283. The van der Waals surface area contributed by atoms with Gasteiger partial charge >= 0.3 is 0 Å². The SMILES string of the molecule is CC1CCCC(C(=O)N2CCCCCC2CO)N1. The van der Waals surface area contributed by atoms with E-state index in [1.54, 1.807) is 0 Å². The van der Waals surface area contributed by atoms with E-state index in [-0.39, 0.29) is 24.6 Å². The second-order valence-corrected chi connectivity index (χ2v) is 5.77. The molecule has 2 N–H and O–H groups in total. The maximum absolute atomic E-state index is 12.6. The number of nitrogens with one attached hydrogen (secondary N) is 1. The highest BCUT2D eigenvalue weighted by molar-refractivity contribution is 5.82. The molecular formula is C14H26N2O2. The Morgan fingerprint density at radius 2 is 2.06 bits per heavy atom. The number of carbonyl (C=O) groups excluding carboxylic acids is 1. The van der Waals surface area contributed by atoms with Gasteiger partial charge in [-0.05, 0) is 39.0 Å². The molecule has 1 amide bonds. The quantitative estimate of drug-likeness (QED) is 0.780. The van der Waals surface area contributed by atoms with Gasteiger partial charge in [-0.1, -0.05) is 12.8 Å². The molecule has 2 heterocycles. The Morgan fingerprint density at radius 3 is 2.78 bits per heavy atom. The van der Waals surface area contributed by atoms with Gasteiger partial charge in [0, 0.05) is 12.6 Å². The third-order valence-electron chi connectivity index (χ3n) is 4.28. The summed E-state index contributed by atoms with van der Waals surface area (Å²) in [5.74, 6) is 0.211. The van der Waals surface area contributed by atoms with Crippen LogP contribution in [0.5, 0.6) is 0 Å². The molecule has 2 saturated heterocycles. The summed E-state index contributed by atoms with van der Waals surface area (Å²) in [6.45, 7) is 3.07. The minimum atomic E-state index is -0.0269. The second kappa shape index (κ2) is 6.53. The standard InChI is InChI=1S/C14H26N2O2/c1-11-6-5-8-13(15-11)14(18)16-9-4-2-3-7-12(16)10-17/h11-13,15,17H,2-10H2,1H3. The van der Waals surface area contributed by atoms with Gasteiger partial charge < -0.3 is 15.3 Å². The minimum absolute atomic E-state index is 0.0269. The fraction of sp³-hybridized carbons (Fsp3) is 0.929. The van der Waals surface area contributed by atoms with E-state index in [1.807, 2.05) is 4.90 Å². The summed E-state index contributed by atoms with van der Waals surface area (Å²) < 4.78 is 0. The first kappa shape index (κ1) is 13.8. The molecule has 0 aliphatic carbocycles. The molecule has 0 bridgehead atoms. The molecule has 2 aliphatic rings.